The van der Waals surface area contributed by atoms with E-state index in [9.17, 15) is 13.8 Å². The first kappa shape index (κ1) is 25.4. The number of rotatable bonds is 6. The molecule has 1 fully saturated rings. The first-order valence-electron chi connectivity index (χ1n) is 12.4. The minimum atomic E-state index is -1.51. The number of nitrogens with one attached hydrogen (secondary N) is 1. The van der Waals surface area contributed by atoms with Crippen LogP contribution >= 0.6 is 11.6 Å². The second kappa shape index (κ2) is 11.0. The monoisotopic (exact) mass is 536 g/mol. The Labute approximate surface area is 224 Å². The molecule has 9 heteroatoms. The zero-order valence-corrected chi connectivity index (χ0v) is 22.2. The SMILES string of the molecule is CCN1C(=O)c2ccccc2[S@@](=O)c2ccc(C(=O)NCCN3CCN(c4cccc(Cl)c4)CC3)cc21. The number of hydrogen-bond donors (Lipinski definition) is 1. The van der Waals surface area contributed by atoms with E-state index in [2.05, 4.69) is 21.2 Å². The Morgan fingerprint density at radius 1 is 0.973 bits per heavy atom. The molecule has 0 aliphatic carbocycles. The van der Waals surface area contributed by atoms with Crippen molar-refractivity contribution in [2.45, 2.75) is 16.7 Å². The number of hydrogen-bond acceptors (Lipinski definition) is 5. The third-order valence-corrected chi connectivity index (χ3v) is 8.58. The van der Waals surface area contributed by atoms with Crippen LogP contribution in [0.5, 0.6) is 0 Å². The van der Waals surface area contributed by atoms with Crippen molar-refractivity contribution in [3.05, 3.63) is 82.9 Å². The van der Waals surface area contributed by atoms with Crippen LogP contribution in [0.1, 0.15) is 27.6 Å². The molecule has 0 bridgehead atoms. The number of fused-ring (bicyclic) bond motifs is 2. The van der Waals surface area contributed by atoms with Gasteiger partial charge in [-0.3, -0.25) is 14.5 Å². The van der Waals surface area contributed by atoms with Crippen molar-refractivity contribution < 1.29 is 13.8 Å². The van der Waals surface area contributed by atoms with E-state index >= 15 is 0 Å². The van der Waals surface area contributed by atoms with E-state index in [0.29, 0.717) is 39.7 Å². The standard InChI is InChI=1S/C28H29ClN4O3S/c1-2-33-24-18-20(10-11-26(24)37(36)25-9-4-3-8-23(25)28(33)35)27(34)30-12-13-31-14-16-32(17-15-31)22-7-5-6-21(29)19-22/h3-11,18-19H,2,12-17H2,1H3,(H,30,34)/t37-/m1/s1. The largest absolute Gasteiger partial charge is 0.369 e. The average Bonchev–Trinajstić information content (AvgIpc) is 3.01. The fourth-order valence-electron chi connectivity index (χ4n) is 4.85. The Balaban J connectivity index is 1.21. The van der Waals surface area contributed by atoms with E-state index in [4.69, 9.17) is 11.6 Å². The maximum absolute atomic E-state index is 13.3. The number of carbonyl (C=O) groups excluding carboxylic acids is 2. The zero-order valence-electron chi connectivity index (χ0n) is 20.7. The molecule has 3 aromatic carbocycles. The molecule has 2 heterocycles. The van der Waals surface area contributed by atoms with Gasteiger partial charge in [0.1, 0.15) is 0 Å². The molecule has 1 N–H and O–H groups in total. The van der Waals surface area contributed by atoms with Crippen LogP contribution in [-0.4, -0.2) is 66.7 Å². The van der Waals surface area contributed by atoms with Crippen LogP contribution in [0.3, 0.4) is 0 Å². The molecule has 5 rings (SSSR count). The van der Waals surface area contributed by atoms with Gasteiger partial charge in [-0.05, 0) is 55.5 Å². The number of piperazine rings is 1. The lowest BCUT2D eigenvalue weighted by atomic mass is 10.1. The van der Waals surface area contributed by atoms with Gasteiger partial charge in [0.15, 0.2) is 0 Å². The Bertz CT molecular complexity index is 1360. The molecule has 192 valence electrons. The summed E-state index contributed by atoms with van der Waals surface area (Å²) in [7, 11) is -1.51. The van der Waals surface area contributed by atoms with E-state index in [-0.39, 0.29) is 11.8 Å². The summed E-state index contributed by atoms with van der Waals surface area (Å²) >= 11 is 6.13. The number of nitrogens with zero attached hydrogens (tertiary/aromatic N) is 3. The van der Waals surface area contributed by atoms with Crippen LogP contribution < -0.4 is 15.1 Å². The van der Waals surface area contributed by atoms with Gasteiger partial charge < -0.3 is 15.1 Å². The van der Waals surface area contributed by atoms with Gasteiger partial charge in [-0.2, -0.15) is 0 Å². The second-order valence-electron chi connectivity index (χ2n) is 9.06. The molecule has 0 radical (unpaired) electrons. The van der Waals surface area contributed by atoms with Gasteiger partial charge >= 0.3 is 0 Å². The van der Waals surface area contributed by atoms with Crippen molar-refractivity contribution in [1.82, 2.24) is 10.2 Å². The van der Waals surface area contributed by atoms with E-state index in [1.807, 2.05) is 25.1 Å². The molecule has 1 saturated heterocycles. The fraction of sp³-hybridized carbons (Fsp3) is 0.286. The van der Waals surface area contributed by atoms with Crippen molar-refractivity contribution >= 4 is 45.6 Å². The predicted octanol–water partition coefficient (Wildman–Crippen LogP) is 4.04. The molecule has 7 nitrogen and oxygen atoms in total. The van der Waals surface area contributed by atoms with Crippen LogP contribution in [-0.2, 0) is 10.8 Å². The average molecular weight is 537 g/mol. The molecule has 2 aliphatic heterocycles. The van der Waals surface area contributed by atoms with Crippen molar-refractivity contribution in [1.29, 1.82) is 0 Å². The Morgan fingerprint density at radius 2 is 1.76 bits per heavy atom. The van der Waals surface area contributed by atoms with Crippen LogP contribution in [0, 0.1) is 0 Å². The molecule has 0 aromatic heterocycles. The van der Waals surface area contributed by atoms with Crippen molar-refractivity contribution in [2.24, 2.45) is 0 Å². The van der Waals surface area contributed by atoms with Crippen LogP contribution in [0.25, 0.3) is 0 Å². The van der Waals surface area contributed by atoms with Gasteiger partial charge in [-0.25, -0.2) is 4.21 Å². The van der Waals surface area contributed by atoms with Gasteiger partial charge in [0.05, 0.1) is 31.8 Å². The van der Waals surface area contributed by atoms with Crippen LogP contribution in [0.15, 0.2) is 76.5 Å². The minimum Gasteiger partial charge on any atom is -0.369 e. The summed E-state index contributed by atoms with van der Waals surface area (Å²) < 4.78 is 13.3. The van der Waals surface area contributed by atoms with Crippen molar-refractivity contribution in [3.8, 4) is 0 Å². The Kier molecular flexibility index (Phi) is 7.60. The lowest BCUT2D eigenvalue weighted by Gasteiger charge is -2.36. The van der Waals surface area contributed by atoms with E-state index in [1.54, 1.807) is 47.4 Å². The normalized spacial score (nSPS) is 17.7. The lowest BCUT2D eigenvalue weighted by Crippen LogP contribution is -2.48. The summed E-state index contributed by atoms with van der Waals surface area (Å²) in [4.78, 5) is 33.5. The van der Waals surface area contributed by atoms with Gasteiger partial charge in [-0.15, -0.1) is 0 Å². The second-order valence-corrected chi connectivity index (χ2v) is 10.9. The number of carbonyl (C=O) groups is 2. The highest BCUT2D eigenvalue weighted by Crippen LogP contribution is 2.35. The van der Waals surface area contributed by atoms with Gasteiger partial charge in [0.25, 0.3) is 11.8 Å². The van der Waals surface area contributed by atoms with E-state index in [1.165, 1.54) is 0 Å². The first-order valence-corrected chi connectivity index (χ1v) is 14.0. The lowest BCUT2D eigenvalue weighted by molar-refractivity contribution is 0.0944. The summed E-state index contributed by atoms with van der Waals surface area (Å²) in [5.74, 6) is -0.420. The maximum atomic E-state index is 13.3. The van der Waals surface area contributed by atoms with Gasteiger partial charge in [0, 0.05) is 62.1 Å². The van der Waals surface area contributed by atoms with Crippen molar-refractivity contribution in [2.75, 3.05) is 55.6 Å². The Morgan fingerprint density at radius 3 is 2.51 bits per heavy atom. The highest BCUT2D eigenvalue weighted by molar-refractivity contribution is 7.85. The molecule has 37 heavy (non-hydrogen) atoms. The van der Waals surface area contributed by atoms with Crippen LogP contribution in [0.4, 0.5) is 11.4 Å². The molecule has 0 saturated carbocycles. The number of halogens is 1. The highest BCUT2D eigenvalue weighted by Gasteiger charge is 2.30. The summed E-state index contributed by atoms with van der Waals surface area (Å²) in [6.45, 7) is 7.16. The van der Waals surface area contributed by atoms with Gasteiger partial charge in [0.2, 0.25) is 0 Å². The predicted molar refractivity (Wildman–Crippen MR) is 147 cm³/mol. The van der Waals surface area contributed by atoms with E-state index < -0.39 is 10.8 Å². The first-order chi connectivity index (χ1) is 18.0. The van der Waals surface area contributed by atoms with E-state index in [0.717, 1.165) is 43.4 Å². The number of benzene rings is 3. The summed E-state index contributed by atoms with van der Waals surface area (Å²) in [6, 6.07) is 19.9. The summed E-state index contributed by atoms with van der Waals surface area (Å²) in [5.41, 5.74) is 2.53. The fourth-order valence-corrected chi connectivity index (χ4v) is 6.38. The number of anilines is 2. The molecular formula is C28H29ClN4O3S. The molecule has 0 unspecified atom stereocenters. The highest BCUT2D eigenvalue weighted by atomic mass is 35.5. The molecule has 1 atom stereocenters. The maximum Gasteiger partial charge on any atom is 0.259 e. The number of amides is 2. The summed E-state index contributed by atoms with van der Waals surface area (Å²) in [5, 5.41) is 3.74. The third kappa shape index (κ3) is 5.28. The Hall–Kier alpha value is -3.20. The smallest absolute Gasteiger partial charge is 0.259 e. The van der Waals surface area contributed by atoms with Crippen LogP contribution in [0.2, 0.25) is 5.02 Å². The molecular weight excluding hydrogens is 508 g/mol. The topological polar surface area (TPSA) is 73.0 Å². The molecule has 2 aliphatic rings. The molecule has 3 aromatic rings. The van der Waals surface area contributed by atoms with Crippen molar-refractivity contribution in [3.63, 3.8) is 0 Å². The quantitative estimate of drug-likeness (QED) is 0.515. The zero-order chi connectivity index (χ0) is 25.9. The summed E-state index contributed by atoms with van der Waals surface area (Å²) in [6.07, 6.45) is 0. The van der Waals surface area contributed by atoms with Gasteiger partial charge in [-0.1, -0.05) is 29.8 Å². The third-order valence-electron chi connectivity index (χ3n) is 6.85. The molecule has 2 amide bonds. The minimum absolute atomic E-state index is 0.209. The molecule has 0 spiro atoms.